The molecule has 0 aliphatic heterocycles. The van der Waals surface area contributed by atoms with Crippen molar-refractivity contribution in [2.24, 2.45) is 5.73 Å². The van der Waals surface area contributed by atoms with E-state index in [4.69, 9.17) is 11.0 Å². The quantitative estimate of drug-likeness (QED) is 0.796. The smallest absolute Gasteiger partial charge is 0.326 e. The van der Waals surface area contributed by atoms with Crippen LogP contribution >= 0.6 is 0 Å². The number of alkyl halides is 6. The summed E-state index contributed by atoms with van der Waals surface area (Å²) in [4.78, 5) is 0. The Bertz CT molecular complexity index is 495. The monoisotopic (exact) mass is 268 g/mol. The maximum atomic E-state index is 12.6. The minimum absolute atomic E-state index is 0.0387. The van der Waals surface area contributed by atoms with Gasteiger partial charge >= 0.3 is 12.4 Å². The third kappa shape index (κ3) is 2.73. The highest BCUT2D eigenvalue weighted by Gasteiger charge is 2.39. The summed E-state index contributed by atoms with van der Waals surface area (Å²) in [7, 11) is 0. The van der Waals surface area contributed by atoms with Gasteiger partial charge in [-0.15, -0.1) is 0 Å². The Hall–Kier alpha value is -1.75. The zero-order valence-electron chi connectivity index (χ0n) is 8.65. The predicted molar refractivity (Wildman–Crippen MR) is 49.1 cm³/mol. The average Bonchev–Trinajstić information content (AvgIpc) is 2.24. The minimum Gasteiger partial charge on any atom is -0.326 e. The SMILES string of the molecule is N#Cc1cc(C(F)(F)F)cc(C(F)(F)F)c1CN. The zero-order chi connectivity index (χ0) is 14.1. The lowest BCUT2D eigenvalue weighted by atomic mass is 9.97. The van der Waals surface area contributed by atoms with Crippen LogP contribution in [-0.4, -0.2) is 0 Å². The highest BCUT2D eigenvalue weighted by Crippen LogP contribution is 2.38. The van der Waals surface area contributed by atoms with Crippen LogP contribution in [0.4, 0.5) is 26.3 Å². The van der Waals surface area contributed by atoms with Crippen molar-refractivity contribution in [2.75, 3.05) is 0 Å². The lowest BCUT2D eigenvalue weighted by Gasteiger charge is -2.16. The van der Waals surface area contributed by atoms with Gasteiger partial charge in [-0.2, -0.15) is 31.6 Å². The number of benzene rings is 1. The van der Waals surface area contributed by atoms with Gasteiger partial charge in [-0.05, 0) is 17.7 Å². The second kappa shape index (κ2) is 4.49. The van der Waals surface area contributed by atoms with Crippen LogP contribution in [-0.2, 0) is 18.9 Å². The summed E-state index contributed by atoms with van der Waals surface area (Å²) in [6.07, 6.45) is -9.96. The number of rotatable bonds is 1. The van der Waals surface area contributed by atoms with E-state index < -0.39 is 41.2 Å². The van der Waals surface area contributed by atoms with Crippen molar-refractivity contribution in [3.63, 3.8) is 0 Å². The first-order valence-electron chi connectivity index (χ1n) is 4.52. The number of hydrogen-bond acceptors (Lipinski definition) is 2. The van der Waals surface area contributed by atoms with Gasteiger partial charge in [0.2, 0.25) is 0 Å². The summed E-state index contributed by atoms with van der Waals surface area (Å²) in [5, 5.41) is 8.59. The number of halogens is 6. The molecule has 98 valence electrons. The third-order valence-corrected chi connectivity index (χ3v) is 2.21. The molecule has 0 radical (unpaired) electrons. The van der Waals surface area contributed by atoms with Gasteiger partial charge < -0.3 is 5.73 Å². The van der Waals surface area contributed by atoms with Gasteiger partial charge in [0.05, 0.1) is 22.8 Å². The van der Waals surface area contributed by atoms with Crippen LogP contribution in [0, 0.1) is 11.3 Å². The molecule has 1 aromatic rings. The fourth-order valence-electron chi connectivity index (χ4n) is 1.41. The molecule has 0 aliphatic carbocycles. The van der Waals surface area contributed by atoms with Gasteiger partial charge in [-0.3, -0.25) is 0 Å². The van der Waals surface area contributed by atoms with E-state index in [1.54, 1.807) is 0 Å². The van der Waals surface area contributed by atoms with Crippen LogP contribution in [0.1, 0.15) is 22.3 Å². The van der Waals surface area contributed by atoms with Crippen LogP contribution in [0.2, 0.25) is 0 Å². The Morgan fingerprint density at radius 2 is 1.61 bits per heavy atom. The molecule has 2 nitrogen and oxygen atoms in total. The van der Waals surface area contributed by atoms with Gasteiger partial charge in [0, 0.05) is 6.54 Å². The Labute approximate surface area is 97.6 Å². The molecule has 0 saturated heterocycles. The summed E-state index contributed by atoms with van der Waals surface area (Å²) in [5.41, 5.74) is 0.632. The van der Waals surface area contributed by atoms with Crippen molar-refractivity contribution in [2.45, 2.75) is 18.9 Å². The molecule has 0 unspecified atom stereocenters. The first kappa shape index (κ1) is 14.3. The highest BCUT2D eigenvalue weighted by atomic mass is 19.4. The fourth-order valence-corrected chi connectivity index (χ4v) is 1.41. The van der Waals surface area contributed by atoms with E-state index in [9.17, 15) is 26.3 Å². The van der Waals surface area contributed by atoms with Crippen LogP contribution in [0.25, 0.3) is 0 Å². The van der Waals surface area contributed by atoms with E-state index in [1.165, 1.54) is 6.07 Å². The molecule has 2 N–H and O–H groups in total. The third-order valence-electron chi connectivity index (χ3n) is 2.21. The largest absolute Gasteiger partial charge is 0.416 e. The van der Waals surface area contributed by atoms with Gasteiger partial charge in [0.15, 0.2) is 0 Å². The zero-order valence-corrected chi connectivity index (χ0v) is 8.65. The van der Waals surface area contributed by atoms with E-state index >= 15 is 0 Å². The maximum absolute atomic E-state index is 12.6. The average molecular weight is 268 g/mol. The molecular weight excluding hydrogens is 262 g/mol. The summed E-state index contributed by atoms with van der Waals surface area (Å²) in [6, 6.07) is 1.61. The summed E-state index contributed by atoms with van der Waals surface area (Å²) < 4.78 is 75.0. The molecule has 1 rings (SSSR count). The molecular formula is C10H6F6N2. The Balaban J connectivity index is 3.63. The minimum atomic E-state index is -5.00. The van der Waals surface area contributed by atoms with Gasteiger partial charge in [-0.25, -0.2) is 0 Å². The van der Waals surface area contributed by atoms with Crippen molar-refractivity contribution in [1.82, 2.24) is 0 Å². The van der Waals surface area contributed by atoms with Crippen LogP contribution in [0.5, 0.6) is 0 Å². The van der Waals surface area contributed by atoms with Crippen LogP contribution < -0.4 is 5.73 Å². The van der Waals surface area contributed by atoms with Crippen LogP contribution in [0.3, 0.4) is 0 Å². The Morgan fingerprint density at radius 1 is 1.06 bits per heavy atom. The van der Waals surface area contributed by atoms with E-state index in [2.05, 4.69) is 0 Å². The molecule has 0 amide bonds. The standard InChI is InChI=1S/C10H6F6N2/c11-9(12,13)6-1-5(3-17)7(4-18)8(2-6)10(14,15)16/h1-2H,4,18H2. The second-order valence-corrected chi connectivity index (χ2v) is 3.36. The summed E-state index contributed by atoms with van der Waals surface area (Å²) in [6.45, 7) is -0.671. The summed E-state index contributed by atoms with van der Waals surface area (Å²) >= 11 is 0. The van der Waals surface area contributed by atoms with E-state index in [0.717, 1.165) is 0 Å². The Morgan fingerprint density at radius 3 is 1.94 bits per heavy atom. The fraction of sp³-hybridized carbons (Fsp3) is 0.300. The van der Waals surface area contributed by atoms with Crippen molar-refractivity contribution in [1.29, 1.82) is 5.26 Å². The van der Waals surface area contributed by atoms with E-state index in [0.29, 0.717) is 6.07 Å². The van der Waals surface area contributed by atoms with Crippen molar-refractivity contribution < 1.29 is 26.3 Å². The molecule has 0 saturated carbocycles. The van der Waals surface area contributed by atoms with Crippen LogP contribution in [0.15, 0.2) is 12.1 Å². The summed E-state index contributed by atoms with van der Waals surface area (Å²) in [5.74, 6) is 0. The van der Waals surface area contributed by atoms with Gasteiger partial charge in [-0.1, -0.05) is 0 Å². The second-order valence-electron chi connectivity index (χ2n) is 3.36. The number of hydrogen-bond donors (Lipinski definition) is 1. The molecule has 0 fully saturated rings. The number of nitrogens with two attached hydrogens (primary N) is 1. The first-order valence-corrected chi connectivity index (χ1v) is 4.52. The van der Waals surface area contributed by atoms with E-state index in [-0.39, 0.29) is 6.07 Å². The highest BCUT2D eigenvalue weighted by molar-refractivity contribution is 5.47. The predicted octanol–water partition coefficient (Wildman–Crippen LogP) is 3.05. The van der Waals surface area contributed by atoms with Gasteiger partial charge in [0.1, 0.15) is 0 Å². The first-order chi connectivity index (χ1) is 8.11. The molecule has 0 aromatic heterocycles. The number of nitriles is 1. The van der Waals surface area contributed by atoms with E-state index in [1.807, 2.05) is 0 Å². The van der Waals surface area contributed by atoms with Crippen molar-refractivity contribution in [3.8, 4) is 6.07 Å². The molecule has 0 atom stereocenters. The molecule has 18 heavy (non-hydrogen) atoms. The lowest BCUT2D eigenvalue weighted by Crippen LogP contribution is -2.17. The number of nitrogens with zero attached hydrogens (tertiary/aromatic N) is 1. The van der Waals surface area contributed by atoms with Crippen molar-refractivity contribution >= 4 is 0 Å². The molecule has 0 aliphatic rings. The molecule has 0 bridgehead atoms. The molecule has 8 heteroatoms. The van der Waals surface area contributed by atoms with Crippen molar-refractivity contribution in [3.05, 3.63) is 34.4 Å². The van der Waals surface area contributed by atoms with Gasteiger partial charge in [0.25, 0.3) is 0 Å². The lowest BCUT2D eigenvalue weighted by molar-refractivity contribution is -0.143. The molecule has 0 heterocycles. The normalized spacial score (nSPS) is 12.3. The maximum Gasteiger partial charge on any atom is 0.416 e. The topological polar surface area (TPSA) is 49.8 Å². The molecule has 0 spiro atoms. The Kier molecular flexibility index (Phi) is 3.57. The molecule has 1 aromatic carbocycles.